The number of ketones is 1. The van der Waals surface area contributed by atoms with Gasteiger partial charge in [-0.05, 0) is 37.6 Å². The molecule has 0 aromatic heterocycles. The Balaban J connectivity index is 1.87. The van der Waals surface area contributed by atoms with E-state index in [1.807, 2.05) is 38.1 Å². The number of hydrogen-bond acceptors (Lipinski definition) is 6. The van der Waals surface area contributed by atoms with Gasteiger partial charge in [0.05, 0.1) is 21.3 Å². The van der Waals surface area contributed by atoms with Gasteiger partial charge in [0, 0.05) is 17.2 Å². The Bertz CT molecular complexity index is 1150. The summed E-state index contributed by atoms with van der Waals surface area (Å²) >= 11 is 0. The molecular weight excluding hydrogens is 432 g/mol. The molecule has 0 heterocycles. The molecule has 0 fully saturated rings. The van der Waals surface area contributed by atoms with Crippen molar-refractivity contribution >= 4 is 17.8 Å². The first-order chi connectivity index (χ1) is 16.4. The number of benzene rings is 3. The van der Waals surface area contributed by atoms with Gasteiger partial charge in [-0.3, -0.25) is 4.79 Å². The van der Waals surface area contributed by atoms with E-state index in [1.54, 1.807) is 42.5 Å². The van der Waals surface area contributed by atoms with Crippen LogP contribution < -0.4 is 14.2 Å². The van der Waals surface area contributed by atoms with Crippen LogP contribution in [0.15, 0.2) is 66.7 Å². The van der Waals surface area contributed by atoms with E-state index in [4.69, 9.17) is 18.9 Å². The van der Waals surface area contributed by atoms with E-state index in [9.17, 15) is 9.59 Å². The molecule has 0 aliphatic carbocycles. The molecule has 3 rings (SSSR count). The molecule has 6 heteroatoms. The molecule has 0 saturated heterocycles. The molecule has 6 nitrogen and oxygen atoms in total. The predicted molar refractivity (Wildman–Crippen MR) is 131 cm³/mol. The van der Waals surface area contributed by atoms with E-state index in [-0.39, 0.29) is 5.78 Å². The Kier molecular flexibility index (Phi) is 8.09. The van der Waals surface area contributed by atoms with Crippen molar-refractivity contribution in [3.63, 3.8) is 0 Å². The molecule has 1 atom stereocenters. The number of methoxy groups -OCH3 is 3. The minimum absolute atomic E-state index is 0.293. The SMILES string of the molecule is COc1cc(/C=C/C(=O)OC(C(=O)c2ccc(C)cc2)c2ccc(C)cc2)cc(OC)c1OC. The first-order valence-electron chi connectivity index (χ1n) is 10.7. The van der Waals surface area contributed by atoms with Crippen LogP contribution in [0, 0.1) is 13.8 Å². The highest BCUT2D eigenvalue weighted by Gasteiger charge is 2.25. The van der Waals surface area contributed by atoms with Gasteiger partial charge in [0.15, 0.2) is 17.6 Å². The van der Waals surface area contributed by atoms with Gasteiger partial charge in [-0.2, -0.15) is 0 Å². The Hall–Kier alpha value is -4.06. The molecule has 0 aliphatic rings. The van der Waals surface area contributed by atoms with E-state index >= 15 is 0 Å². The van der Waals surface area contributed by atoms with Gasteiger partial charge < -0.3 is 18.9 Å². The topological polar surface area (TPSA) is 71.1 Å². The van der Waals surface area contributed by atoms with Crippen molar-refractivity contribution in [3.8, 4) is 17.2 Å². The predicted octanol–water partition coefficient (Wildman–Crippen LogP) is 5.51. The number of esters is 1. The number of rotatable bonds is 9. The van der Waals surface area contributed by atoms with E-state index in [0.717, 1.165) is 11.1 Å². The minimum Gasteiger partial charge on any atom is -0.493 e. The highest BCUT2D eigenvalue weighted by molar-refractivity contribution is 6.01. The molecule has 34 heavy (non-hydrogen) atoms. The van der Waals surface area contributed by atoms with Gasteiger partial charge in [0.1, 0.15) is 0 Å². The van der Waals surface area contributed by atoms with Crippen molar-refractivity contribution in [2.24, 2.45) is 0 Å². The molecule has 0 amide bonds. The lowest BCUT2D eigenvalue weighted by atomic mass is 9.98. The molecule has 0 radical (unpaired) electrons. The maximum absolute atomic E-state index is 13.2. The molecule has 0 N–H and O–H groups in total. The largest absolute Gasteiger partial charge is 0.493 e. The summed E-state index contributed by atoms with van der Waals surface area (Å²) < 4.78 is 21.7. The molecule has 0 aliphatic heterocycles. The average molecular weight is 461 g/mol. The number of ether oxygens (including phenoxy) is 4. The smallest absolute Gasteiger partial charge is 0.331 e. The summed E-state index contributed by atoms with van der Waals surface area (Å²) in [5.74, 6) is 0.426. The summed E-state index contributed by atoms with van der Waals surface area (Å²) in [7, 11) is 4.55. The normalized spacial score (nSPS) is 11.7. The summed E-state index contributed by atoms with van der Waals surface area (Å²) in [4.78, 5) is 26.0. The van der Waals surface area contributed by atoms with Gasteiger partial charge in [0.25, 0.3) is 0 Å². The van der Waals surface area contributed by atoms with Crippen LogP contribution in [-0.2, 0) is 9.53 Å². The molecule has 0 bridgehead atoms. The Morgan fingerprint density at radius 2 is 1.29 bits per heavy atom. The van der Waals surface area contributed by atoms with Gasteiger partial charge in [-0.25, -0.2) is 4.79 Å². The Morgan fingerprint density at radius 1 is 0.765 bits per heavy atom. The van der Waals surface area contributed by atoms with Crippen LogP contribution in [0.25, 0.3) is 6.08 Å². The highest BCUT2D eigenvalue weighted by atomic mass is 16.5. The van der Waals surface area contributed by atoms with E-state index in [0.29, 0.717) is 33.9 Å². The fourth-order valence-corrected chi connectivity index (χ4v) is 3.40. The maximum Gasteiger partial charge on any atom is 0.331 e. The second-order valence-corrected chi connectivity index (χ2v) is 7.75. The summed E-state index contributed by atoms with van der Waals surface area (Å²) in [5.41, 5.74) is 3.79. The third kappa shape index (κ3) is 5.84. The number of Topliss-reactive ketones (excluding diaryl/α,β-unsaturated/α-hetero) is 1. The summed E-state index contributed by atoms with van der Waals surface area (Å²) in [6, 6.07) is 17.9. The quantitative estimate of drug-likeness (QED) is 0.238. The van der Waals surface area contributed by atoms with Crippen LogP contribution in [0.4, 0.5) is 0 Å². The Labute approximate surface area is 199 Å². The molecule has 0 saturated carbocycles. The minimum atomic E-state index is -1.07. The zero-order valence-corrected chi connectivity index (χ0v) is 20.0. The van der Waals surface area contributed by atoms with E-state index < -0.39 is 12.1 Å². The first-order valence-corrected chi connectivity index (χ1v) is 10.7. The summed E-state index contributed by atoms with van der Waals surface area (Å²) in [6.45, 7) is 3.90. The van der Waals surface area contributed by atoms with Gasteiger partial charge >= 0.3 is 5.97 Å². The zero-order chi connectivity index (χ0) is 24.7. The lowest BCUT2D eigenvalue weighted by Crippen LogP contribution is -2.19. The van der Waals surface area contributed by atoms with Crippen LogP contribution in [0.2, 0.25) is 0 Å². The first kappa shape index (κ1) is 24.6. The van der Waals surface area contributed by atoms with E-state index in [1.165, 1.54) is 27.4 Å². The molecule has 176 valence electrons. The lowest BCUT2D eigenvalue weighted by Gasteiger charge is -2.17. The van der Waals surface area contributed by atoms with Crippen LogP contribution in [-0.4, -0.2) is 33.1 Å². The second-order valence-electron chi connectivity index (χ2n) is 7.75. The van der Waals surface area contributed by atoms with Crippen LogP contribution in [0.5, 0.6) is 17.2 Å². The molecule has 3 aromatic carbocycles. The van der Waals surface area contributed by atoms with Gasteiger partial charge in [-0.15, -0.1) is 0 Å². The molecular formula is C28H28O6. The van der Waals surface area contributed by atoms with Crippen molar-refractivity contribution in [1.29, 1.82) is 0 Å². The number of aryl methyl sites for hydroxylation is 2. The summed E-state index contributed by atoms with van der Waals surface area (Å²) in [6.07, 6.45) is 1.76. The van der Waals surface area contributed by atoms with Gasteiger partial charge in [0.2, 0.25) is 11.5 Å². The number of carbonyl (C=O) groups excluding carboxylic acids is 2. The average Bonchev–Trinajstić information content (AvgIpc) is 2.86. The van der Waals surface area contributed by atoms with Crippen molar-refractivity contribution < 1.29 is 28.5 Å². The van der Waals surface area contributed by atoms with Crippen molar-refractivity contribution in [1.82, 2.24) is 0 Å². The van der Waals surface area contributed by atoms with Crippen LogP contribution in [0.1, 0.15) is 38.7 Å². The lowest BCUT2D eigenvalue weighted by molar-refractivity contribution is -0.141. The molecule has 1 unspecified atom stereocenters. The zero-order valence-electron chi connectivity index (χ0n) is 20.0. The number of carbonyl (C=O) groups is 2. The maximum atomic E-state index is 13.2. The highest BCUT2D eigenvalue weighted by Crippen LogP contribution is 2.38. The standard InChI is InChI=1S/C28H28O6/c1-18-6-11-21(12-7-18)26(30)27(22-13-8-19(2)9-14-22)34-25(29)15-10-20-16-23(31-3)28(33-5)24(17-20)32-4/h6-17,27H,1-5H3/b15-10+. The second kappa shape index (κ2) is 11.2. The number of hydrogen-bond donors (Lipinski definition) is 0. The third-order valence-electron chi connectivity index (χ3n) is 5.29. The van der Waals surface area contributed by atoms with Crippen LogP contribution in [0.3, 0.4) is 0 Å². The fraction of sp³-hybridized carbons (Fsp3) is 0.214. The van der Waals surface area contributed by atoms with Crippen LogP contribution >= 0.6 is 0 Å². The van der Waals surface area contributed by atoms with Crippen molar-refractivity contribution in [3.05, 3.63) is 94.6 Å². The summed E-state index contributed by atoms with van der Waals surface area (Å²) in [5, 5.41) is 0. The van der Waals surface area contributed by atoms with Gasteiger partial charge in [-0.1, -0.05) is 59.7 Å². The van der Waals surface area contributed by atoms with Crippen molar-refractivity contribution in [2.75, 3.05) is 21.3 Å². The fourth-order valence-electron chi connectivity index (χ4n) is 3.40. The third-order valence-corrected chi connectivity index (χ3v) is 5.29. The Morgan fingerprint density at radius 3 is 1.79 bits per heavy atom. The monoisotopic (exact) mass is 460 g/mol. The van der Waals surface area contributed by atoms with E-state index in [2.05, 4.69) is 0 Å². The molecule has 3 aromatic rings. The van der Waals surface area contributed by atoms with Crippen molar-refractivity contribution in [2.45, 2.75) is 20.0 Å². The molecule has 0 spiro atoms.